The van der Waals surface area contributed by atoms with Crippen LogP contribution in [0.1, 0.15) is 60.5 Å². The topological polar surface area (TPSA) is 84.5 Å². The Bertz CT molecular complexity index is 1310. The number of methoxy groups -OCH3 is 1. The molecule has 1 unspecified atom stereocenters. The van der Waals surface area contributed by atoms with Crippen molar-refractivity contribution in [1.29, 1.82) is 0 Å². The van der Waals surface area contributed by atoms with Gasteiger partial charge in [-0.05, 0) is 81.1 Å². The quantitative estimate of drug-likeness (QED) is 0.440. The third-order valence-electron chi connectivity index (χ3n) is 5.81. The largest absolute Gasteiger partial charge is 0.456 e. The number of hydrogen-bond donors (Lipinski definition) is 1. The molecule has 0 radical (unpaired) electrons. The van der Waals surface area contributed by atoms with Gasteiger partial charge in [0.15, 0.2) is 0 Å². The van der Waals surface area contributed by atoms with E-state index in [1.54, 1.807) is 19.2 Å². The van der Waals surface area contributed by atoms with Crippen molar-refractivity contribution < 1.29 is 14.3 Å². The molecule has 1 aliphatic rings. The van der Waals surface area contributed by atoms with Crippen LogP contribution in [0.5, 0.6) is 0 Å². The molecular formula is C27H29N3O4. The van der Waals surface area contributed by atoms with E-state index in [4.69, 9.17) is 15.9 Å². The number of aromatic amines is 1. The van der Waals surface area contributed by atoms with Gasteiger partial charge in [0.25, 0.3) is 5.56 Å². The zero-order valence-corrected chi connectivity index (χ0v) is 20.0. The van der Waals surface area contributed by atoms with Crippen LogP contribution in [0.3, 0.4) is 0 Å². The number of benzene rings is 2. The number of ether oxygens (including phenoxy) is 2. The number of esters is 1. The second kappa shape index (κ2) is 9.32. The average molecular weight is 460 g/mol. The molecule has 7 heteroatoms. The molecule has 1 aromatic heterocycles. The first kappa shape index (κ1) is 23.5. The summed E-state index contributed by atoms with van der Waals surface area (Å²) in [4.78, 5) is 34.6. The molecule has 0 aliphatic heterocycles. The summed E-state index contributed by atoms with van der Waals surface area (Å²) in [6, 6.07) is 11.2. The van der Waals surface area contributed by atoms with Gasteiger partial charge in [-0.15, -0.1) is 6.42 Å². The molecule has 0 amide bonds. The van der Waals surface area contributed by atoms with E-state index in [-0.39, 0.29) is 24.2 Å². The minimum absolute atomic E-state index is 0.0147. The van der Waals surface area contributed by atoms with E-state index in [1.165, 1.54) is 0 Å². The maximum Gasteiger partial charge on any atom is 0.338 e. The van der Waals surface area contributed by atoms with Crippen LogP contribution < -0.4 is 10.5 Å². The number of fused-ring (bicyclic) bond motifs is 2. The Balaban J connectivity index is 1.67. The number of nitrogens with zero attached hydrogens (tertiary/aromatic N) is 2. The molecule has 4 rings (SSSR count). The van der Waals surface area contributed by atoms with Crippen LogP contribution in [-0.4, -0.2) is 35.2 Å². The molecule has 34 heavy (non-hydrogen) atoms. The van der Waals surface area contributed by atoms with Gasteiger partial charge in [-0.2, -0.15) is 0 Å². The van der Waals surface area contributed by atoms with Crippen molar-refractivity contribution >= 4 is 22.6 Å². The maximum atomic E-state index is 12.7. The molecule has 1 atom stereocenters. The SMILES string of the molecule is C#CCN(c1ccc(C(=O)OC(C)(C)C)cc1)C1CCc2cc3nc(COC)[nH]c(=O)c3cc21. The van der Waals surface area contributed by atoms with Gasteiger partial charge in [0.1, 0.15) is 18.0 Å². The van der Waals surface area contributed by atoms with Crippen LogP contribution in [0.2, 0.25) is 0 Å². The van der Waals surface area contributed by atoms with E-state index >= 15 is 0 Å². The number of carbonyl (C=O) groups is 1. The number of terminal acetylenes is 1. The Labute approximate surface area is 199 Å². The Morgan fingerprint density at radius 2 is 2.00 bits per heavy atom. The fraction of sp³-hybridized carbons (Fsp3) is 0.370. The molecule has 7 nitrogen and oxygen atoms in total. The summed E-state index contributed by atoms with van der Waals surface area (Å²) in [6.07, 6.45) is 7.45. The zero-order valence-electron chi connectivity index (χ0n) is 20.0. The molecule has 1 heterocycles. The number of hydrogen-bond acceptors (Lipinski definition) is 6. The smallest absolute Gasteiger partial charge is 0.338 e. The van der Waals surface area contributed by atoms with Crippen LogP contribution >= 0.6 is 0 Å². The summed E-state index contributed by atoms with van der Waals surface area (Å²) in [5, 5.41) is 0.548. The maximum absolute atomic E-state index is 12.7. The lowest BCUT2D eigenvalue weighted by atomic mass is 10.0. The highest BCUT2D eigenvalue weighted by molar-refractivity contribution is 5.90. The minimum atomic E-state index is -0.557. The lowest BCUT2D eigenvalue weighted by molar-refractivity contribution is 0.00695. The molecule has 176 valence electrons. The highest BCUT2D eigenvalue weighted by Crippen LogP contribution is 2.39. The van der Waals surface area contributed by atoms with Gasteiger partial charge in [-0.1, -0.05) is 5.92 Å². The van der Waals surface area contributed by atoms with Crippen molar-refractivity contribution in [2.45, 2.75) is 51.9 Å². The number of aromatic nitrogens is 2. The lowest BCUT2D eigenvalue weighted by Gasteiger charge is -2.30. The van der Waals surface area contributed by atoms with Gasteiger partial charge in [0, 0.05) is 12.8 Å². The summed E-state index contributed by atoms with van der Waals surface area (Å²) in [6.45, 7) is 6.17. The highest BCUT2D eigenvalue weighted by Gasteiger charge is 2.29. The molecule has 0 fully saturated rings. The van der Waals surface area contributed by atoms with Crippen LogP contribution in [0.4, 0.5) is 5.69 Å². The van der Waals surface area contributed by atoms with E-state index < -0.39 is 5.60 Å². The fourth-order valence-corrected chi connectivity index (χ4v) is 4.40. The van der Waals surface area contributed by atoms with E-state index in [1.807, 2.05) is 45.0 Å². The molecule has 1 N–H and O–H groups in total. The molecule has 0 saturated carbocycles. The second-order valence-corrected chi connectivity index (χ2v) is 9.45. The van der Waals surface area contributed by atoms with Gasteiger partial charge in [0.05, 0.1) is 29.1 Å². The summed E-state index contributed by atoms with van der Waals surface area (Å²) in [5.41, 5.74) is 3.55. The van der Waals surface area contributed by atoms with Crippen molar-refractivity contribution in [3.05, 3.63) is 69.3 Å². The van der Waals surface area contributed by atoms with E-state index in [0.29, 0.717) is 28.8 Å². The Kier molecular flexibility index (Phi) is 6.45. The number of nitrogens with one attached hydrogen (secondary N) is 1. The fourth-order valence-electron chi connectivity index (χ4n) is 4.40. The third-order valence-corrected chi connectivity index (χ3v) is 5.81. The summed E-state index contributed by atoms with van der Waals surface area (Å²) < 4.78 is 10.6. The van der Waals surface area contributed by atoms with Crippen molar-refractivity contribution in [2.75, 3.05) is 18.6 Å². The molecule has 0 bridgehead atoms. The minimum Gasteiger partial charge on any atom is -0.456 e. The summed E-state index contributed by atoms with van der Waals surface area (Å²) in [7, 11) is 1.57. The normalized spacial score (nSPS) is 15.1. The molecule has 0 saturated heterocycles. The Morgan fingerprint density at radius 1 is 1.26 bits per heavy atom. The number of H-pyrrole nitrogens is 1. The van der Waals surface area contributed by atoms with Gasteiger partial charge in [-0.3, -0.25) is 4.79 Å². The van der Waals surface area contributed by atoms with E-state index in [0.717, 1.165) is 29.7 Å². The van der Waals surface area contributed by atoms with Crippen LogP contribution in [0.15, 0.2) is 41.2 Å². The number of aryl methyl sites for hydroxylation is 1. The molecule has 0 spiro atoms. The first-order chi connectivity index (χ1) is 16.2. The predicted octanol–water partition coefficient (Wildman–Crippen LogP) is 4.15. The van der Waals surface area contributed by atoms with Gasteiger partial charge in [0.2, 0.25) is 0 Å². The highest BCUT2D eigenvalue weighted by atomic mass is 16.6. The number of carbonyl (C=O) groups excluding carboxylic acids is 1. The van der Waals surface area contributed by atoms with E-state index in [2.05, 4.69) is 20.8 Å². The van der Waals surface area contributed by atoms with Crippen LogP contribution in [0.25, 0.3) is 10.9 Å². The van der Waals surface area contributed by atoms with Gasteiger partial charge < -0.3 is 19.4 Å². The monoisotopic (exact) mass is 459 g/mol. The molecule has 1 aliphatic carbocycles. The van der Waals surface area contributed by atoms with Gasteiger partial charge in [-0.25, -0.2) is 9.78 Å². The second-order valence-electron chi connectivity index (χ2n) is 9.45. The van der Waals surface area contributed by atoms with E-state index in [9.17, 15) is 9.59 Å². The lowest BCUT2D eigenvalue weighted by Crippen LogP contribution is -2.28. The zero-order chi connectivity index (χ0) is 24.5. The molecule has 3 aromatic rings. The number of rotatable bonds is 6. The summed E-state index contributed by atoms with van der Waals surface area (Å²) >= 11 is 0. The van der Waals surface area contributed by atoms with Crippen LogP contribution in [0, 0.1) is 12.3 Å². The summed E-state index contributed by atoms with van der Waals surface area (Å²) in [5.74, 6) is 2.90. The third kappa shape index (κ3) is 4.82. The van der Waals surface area contributed by atoms with Crippen molar-refractivity contribution in [1.82, 2.24) is 9.97 Å². The first-order valence-electron chi connectivity index (χ1n) is 11.3. The standard InChI is InChI=1S/C27H29N3O4/c1-6-13-30(19-10-7-17(8-11-19)26(32)34-27(2,3)4)23-12-9-18-14-22-21(15-20(18)23)25(31)29-24(28-22)16-33-5/h1,7-8,10-11,14-15,23H,9,12-13,16H2,2-5H3,(H,28,29,31). The Hall–Kier alpha value is -3.63. The van der Waals surface area contributed by atoms with Crippen molar-refractivity contribution in [2.24, 2.45) is 0 Å². The molecular weight excluding hydrogens is 430 g/mol. The predicted molar refractivity (Wildman–Crippen MR) is 132 cm³/mol. The first-order valence-corrected chi connectivity index (χ1v) is 11.3. The van der Waals surface area contributed by atoms with Crippen molar-refractivity contribution in [3.8, 4) is 12.3 Å². The average Bonchev–Trinajstić information content (AvgIpc) is 3.18. The Morgan fingerprint density at radius 3 is 2.65 bits per heavy atom. The molecule has 2 aromatic carbocycles. The van der Waals surface area contributed by atoms with Crippen LogP contribution in [-0.2, 0) is 22.5 Å². The number of anilines is 1. The van der Waals surface area contributed by atoms with Crippen molar-refractivity contribution in [3.63, 3.8) is 0 Å². The van der Waals surface area contributed by atoms with Gasteiger partial charge >= 0.3 is 5.97 Å².